The summed E-state index contributed by atoms with van der Waals surface area (Å²) in [6.45, 7) is 3.27. The Kier molecular flexibility index (Phi) is 9.27. The first-order chi connectivity index (χ1) is 21.4. The van der Waals surface area contributed by atoms with Crippen LogP contribution in [0.3, 0.4) is 0 Å². The van der Waals surface area contributed by atoms with Crippen LogP contribution < -0.4 is 4.72 Å². The number of benzene rings is 1. The van der Waals surface area contributed by atoms with Crippen LogP contribution >= 0.6 is 22.9 Å². The van der Waals surface area contributed by atoms with Gasteiger partial charge in [0.25, 0.3) is 20.0 Å². The Bertz CT molecular complexity index is 1800. The number of carbonyl (C=O) groups is 2. The van der Waals surface area contributed by atoms with Crippen molar-refractivity contribution in [2.24, 2.45) is 7.05 Å². The van der Waals surface area contributed by atoms with Crippen molar-refractivity contribution in [2.75, 3.05) is 52.4 Å². The summed E-state index contributed by atoms with van der Waals surface area (Å²) in [6, 6.07) is 5.73. The van der Waals surface area contributed by atoms with Crippen molar-refractivity contribution in [3.63, 3.8) is 0 Å². The molecule has 6 rings (SSSR count). The van der Waals surface area contributed by atoms with E-state index in [1.165, 1.54) is 21.7 Å². The predicted octanol–water partition coefficient (Wildman–Crippen LogP) is 1.56. The van der Waals surface area contributed by atoms with Crippen LogP contribution in [0.4, 0.5) is 0 Å². The zero-order valence-corrected chi connectivity index (χ0v) is 28.0. The molecule has 2 aromatic heterocycles. The number of likely N-dealkylation sites (tertiary alicyclic amines) is 2. The number of aromatic nitrogens is 2. The molecular weight excluding hydrogens is 662 g/mol. The van der Waals surface area contributed by atoms with Crippen molar-refractivity contribution < 1.29 is 26.4 Å². The van der Waals surface area contributed by atoms with Crippen molar-refractivity contribution in [3.05, 3.63) is 41.8 Å². The number of halogens is 1. The predicted molar refractivity (Wildman–Crippen MR) is 170 cm³/mol. The second-order valence-electron chi connectivity index (χ2n) is 11.8. The number of sulfonamides is 2. The van der Waals surface area contributed by atoms with E-state index in [0.717, 1.165) is 28.9 Å². The third kappa shape index (κ3) is 6.92. The van der Waals surface area contributed by atoms with Gasteiger partial charge in [-0.05, 0) is 55.3 Å². The highest BCUT2D eigenvalue weighted by Gasteiger charge is 2.37. The van der Waals surface area contributed by atoms with E-state index in [1.807, 2.05) is 4.90 Å². The van der Waals surface area contributed by atoms with Gasteiger partial charge >= 0.3 is 0 Å². The van der Waals surface area contributed by atoms with Gasteiger partial charge in [-0.3, -0.25) is 14.5 Å². The van der Waals surface area contributed by atoms with Crippen LogP contribution in [0.2, 0.25) is 5.02 Å². The van der Waals surface area contributed by atoms with Gasteiger partial charge in [0.2, 0.25) is 11.8 Å². The maximum Gasteiger partial charge on any atom is 0.262 e. The molecule has 1 unspecified atom stereocenters. The number of nitrogens with one attached hydrogen (secondary N) is 1. The molecule has 0 radical (unpaired) electrons. The zero-order valence-electron chi connectivity index (χ0n) is 24.8. The van der Waals surface area contributed by atoms with E-state index in [4.69, 9.17) is 11.6 Å². The highest BCUT2D eigenvalue weighted by Crippen LogP contribution is 2.31. The monoisotopic (exact) mass is 697 g/mol. The van der Waals surface area contributed by atoms with Crippen LogP contribution in [0.5, 0.6) is 0 Å². The van der Waals surface area contributed by atoms with Crippen LogP contribution in [0.1, 0.15) is 25.7 Å². The third-order valence-electron chi connectivity index (χ3n) is 8.66. The van der Waals surface area contributed by atoms with Gasteiger partial charge in [0, 0.05) is 74.8 Å². The first-order valence-electron chi connectivity index (χ1n) is 14.9. The van der Waals surface area contributed by atoms with Crippen LogP contribution in [0.25, 0.3) is 10.1 Å². The summed E-state index contributed by atoms with van der Waals surface area (Å²) < 4.78 is 58.8. The number of hydrogen-bond donors (Lipinski definition) is 1. The third-order valence-corrected chi connectivity index (χ3v) is 13.7. The quantitative estimate of drug-likeness (QED) is 0.355. The van der Waals surface area contributed by atoms with Crippen molar-refractivity contribution in [1.29, 1.82) is 0 Å². The lowest BCUT2D eigenvalue weighted by atomic mass is 10.1. The van der Waals surface area contributed by atoms with Crippen molar-refractivity contribution in [1.82, 2.24) is 33.3 Å². The molecule has 0 spiro atoms. The van der Waals surface area contributed by atoms with E-state index in [9.17, 15) is 26.4 Å². The second-order valence-corrected chi connectivity index (χ2v) is 17.1. The van der Waals surface area contributed by atoms with Gasteiger partial charge in [0.15, 0.2) is 5.03 Å². The van der Waals surface area contributed by atoms with E-state index < -0.39 is 32.0 Å². The number of rotatable bonds is 9. The fourth-order valence-corrected chi connectivity index (χ4v) is 10.5. The van der Waals surface area contributed by atoms with E-state index in [0.29, 0.717) is 69.1 Å². The van der Waals surface area contributed by atoms with E-state index >= 15 is 0 Å². The summed E-state index contributed by atoms with van der Waals surface area (Å²) in [7, 11) is -5.88. The average Bonchev–Trinajstić information content (AvgIpc) is 3.75. The minimum absolute atomic E-state index is 0.0351. The van der Waals surface area contributed by atoms with Crippen LogP contribution in [-0.2, 0) is 36.7 Å². The first-order valence-corrected chi connectivity index (χ1v) is 19.0. The number of imidazole rings is 1. The molecule has 3 aliphatic heterocycles. The second kappa shape index (κ2) is 12.9. The molecule has 2 amide bonds. The number of hydrogen-bond acceptors (Lipinski definition) is 9. The molecule has 2 atom stereocenters. The Morgan fingerprint density at radius 2 is 1.80 bits per heavy atom. The van der Waals surface area contributed by atoms with Gasteiger partial charge in [-0.15, -0.1) is 11.3 Å². The number of nitrogens with zero attached hydrogens (tertiary/aromatic N) is 6. The number of fused-ring (bicyclic) bond motifs is 1. The Hall–Kier alpha value is -2.60. The van der Waals surface area contributed by atoms with Crippen molar-refractivity contribution in [2.45, 2.75) is 47.0 Å². The minimum Gasteiger partial charge on any atom is -0.339 e. The Morgan fingerprint density at radius 3 is 2.53 bits per heavy atom. The van der Waals surface area contributed by atoms with E-state index in [1.54, 1.807) is 35.9 Å². The molecule has 0 saturated carbocycles. The number of carbonyl (C=O) groups excluding carboxylic acids is 2. The number of piperidine rings is 1. The summed E-state index contributed by atoms with van der Waals surface area (Å²) in [5, 5.41) is 1.26. The molecule has 0 bridgehead atoms. The fraction of sp³-hybridized carbons (Fsp3) is 0.536. The smallest absolute Gasteiger partial charge is 0.262 e. The fourth-order valence-electron chi connectivity index (χ4n) is 6.29. The normalized spacial score (nSPS) is 22.5. The molecule has 13 nitrogen and oxygen atoms in total. The molecule has 17 heteroatoms. The summed E-state index contributed by atoms with van der Waals surface area (Å²) in [5.74, 6) is -0.560. The maximum atomic E-state index is 13.5. The molecule has 3 aliphatic rings. The van der Waals surface area contributed by atoms with Crippen molar-refractivity contribution >= 4 is 64.9 Å². The molecule has 244 valence electrons. The number of aryl methyl sites for hydroxylation is 1. The van der Waals surface area contributed by atoms with Crippen molar-refractivity contribution in [3.8, 4) is 0 Å². The number of thiophene rings is 1. The highest BCUT2D eigenvalue weighted by atomic mass is 35.5. The largest absolute Gasteiger partial charge is 0.339 e. The molecule has 5 heterocycles. The summed E-state index contributed by atoms with van der Waals surface area (Å²) in [4.78, 5) is 36.3. The summed E-state index contributed by atoms with van der Waals surface area (Å²) >= 11 is 7.16. The Balaban J connectivity index is 1.03. The van der Waals surface area contributed by atoms with Gasteiger partial charge in [-0.2, -0.15) is 9.03 Å². The highest BCUT2D eigenvalue weighted by molar-refractivity contribution is 7.91. The molecule has 1 N–H and O–H groups in total. The van der Waals surface area contributed by atoms with Gasteiger partial charge < -0.3 is 14.4 Å². The van der Waals surface area contributed by atoms with Crippen LogP contribution in [0, 0.1) is 0 Å². The SMILES string of the molecule is Cn1cnc(S(=O)(=O)N2CCN(C[C@@H]3CCCN3C(=O)CN3CCCC(NS(=O)(=O)c4cc5cc(Cl)ccc5s4)C3=O)CC2)c1. The molecule has 1 aromatic carbocycles. The van der Waals surface area contributed by atoms with E-state index in [-0.39, 0.29) is 27.7 Å². The lowest BCUT2D eigenvalue weighted by Gasteiger charge is -2.37. The number of amides is 2. The van der Waals surface area contributed by atoms with Crippen LogP contribution in [0.15, 0.2) is 46.0 Å². The van der Waals surface area contributed by atoms with Gasteiger partial charge in [0.1, 0.15) is 10.3 Å². The Labute approximate surface area is 271 Å². The lowest BCUT2D eigenvalue weighted by Crippen LogP contribution is -2.56. The topological polar surface area (TPSA) is 145 Å². The molecule has 0 aliphatic carbocycles. The van der Waals surface area contributed by atoms with Gasteiger partial charge in [-0.1, -0.05) is 11.6 Å². The standard InChI is InChI=1S/C28H36ClN7O6S3/c1-32-17-25(30-19-32)45(41,42)35-12-10-33(11-13-35)16-22-4-2-9-36(22)26(37)18-34-8-3-5-23(28(34)38)31-44(39,40)27-15-20-14-21(29)6-7-24(20)43-27/h6-7,14-15,17,19,22-23,31H,2-5,8-13,16,18H2,1H3/t22-,23?/m0/s1. The number of piperazine rings is 1. The molecule has 3 saturated heterocycles. The molecular formula is C28H36ClN7O6S3. The minimum atomic E-state index is -3.96. The maximum absolute atomic E-state index is 13.5. The summed E-state index contributed by atoms with van der Waals surface area (Å²) in [5.41, 5.74) is 0. The Morgan fingerprint density at radius 1 is 1.04 bits per heavy atom. The molecule has 3 aromatic rings. The molecule has 3 fully saturated rings. The van der Waals surface area contributed by atoms with Gasteiger partial charge in [-0.25, -0.2) is 21.8 Å². The summed E-state index contributed by atoms with van der Waals surface area (Å²) in [6.07, 6.45) is 5.57. The van der Waals surface area contributed by atoms with Gasteiger partial charge in [0.05, 0.1) is 12.9 Å². The first kappa shape index (κ1) is 32.3. The lowest BCUT2D eigenvalue weighted by molar-refractivity contribution is -0.143. The zero-order chi connectivity index (χ0) is 31.9. The van der Waals surface area contributed by atoms with E-state index in [2.05, 4.69) is 14.6 Å². The molecule has 45 heavy (non-hydrogen) atoms. The van der Waals surface area contributed by atoms with Crippen LogP contribution in [-0.4, -0.2) is 122 Å². The average molecular weight is 698 g/mol.